The van der Waals surface area contributed by atoms with E-state index in [1.165, 1.54) is 6.07 Å². The SMILES string of the molecule is COc1cc(OC)cc(C(=O)N(Cc2ccccc2F)C2CC2)c1. The molecule has 0 spiro atoms. The van der Waals surface area contributed by atoms with Crippen LogP contribution in [0.3, 0.4) is 0 Å². The second-order valence-corrected chi connectivity index (χ2v) is 5.86. The Bertz CT molecular complexity index is 721. The van der Waals surface area contributed by atoms with E-state index in [1.54, 1.807) is 55.5 Å². The van der Waals surface area contributed by atoms with Crippen molar-refractivity contribution in [3.63, 3.8) is 0 Å². The van der Waals surface area contributed by atoms with Crippen molar-refractivity contribution in [3.8, 4) is 11.5 Å². The van der Waals surface area contributed by atoms with Crippen molar-refractivity contribution in [1.29, 1.82) is 0 Å². The van der Waals surface area contributed by atoms with Gasteiger partial charge in [-0.15, -0.1) is 0 Å². The van der Waals surface area contributed by atoms with Crippen LogP contribution >= 0.6 is 0 Å². The molecule has 4 nitrogen and oxygen atoms in total. The number of hydrogen-bond donors (Lipinski definition) is 0. The van der Waals surface area contributed by atoms with E-state index in [4.69, 9.17) is 9.47 Å². The van der Waals surface area contributed by atoms with Gasteiger partial charge in [-0.1, -0.05) is 18.2 Å². The lowest BCUT2D eigenvalue weighted by Crippen LogP contribution is -2.33. The van der Waals surface area contributed by atoms with E-state index < -0.39 is 0 Å². The van der Waals surface area contributed by atoms with Gasteiger partial charge in [0.25, 0.3) is 5.91 Å². The van der Waals surface area contributed by atoms with Gasteiger partial charge in [0.05, 0.1) is 14.2 Å². The standard InChI is InChI=1S/C19H20FNO3/c1-23-16-9-14(10-17(11-16)24-2)19(22)21(15-7-8-15)12-13-5-3-4-6-18(13)20/h3-6,9-11,15H,7-8,12H2,1-2H3. The molecule has 0 radical (unpaired) electrons. The summed E-state index contributed by atoms with van der Waals surface area (Å²) >= 11 is 0. The first-order chi connectivity index (χ1) is 11.6. The largest absolute Gasteiger partial charge is 0.497 e. The number of ether oxygens (including phenoxy) is 2. The van der Waals surface area contributed by atoms with Gasteiger partial charge in [-0.05, 0) is 31.0 Å². The van der Waals surface area contributed by atoms with Crippen molar-refractivity contribution >= 4 is 5.91 Å². The molecule has 126 valence electrons. The van der Waals surface area contributed by atoms with E-state index in [-0.39, 0.29) is 24.3 Å². The van der Waals surface area contributed by atoms with Gasteiger partial charge in [0.1, 0.15) is 17.3 Å². The molecule has 0 atom stereocenters. The van der Waals surface area contributed by atoms with Crippen LogP contribution in [0.2, 0.25) is 0 Å². The number of hydrogen-bond acceptors (Lipinski definition) is 3. The number of rotatable bonds is 6. The molecule has 2 aromatic rings. The second kappa shape index (κ2) is 6.91. The molecule has 1 aliphatic rings. The highest BCUT2D eigenvalue weighted by atomic mass is 19.1. The van der Waals surface area contributed by atoms with Gasteiger partial charge in [0.2, 0.25) is 0 Å². The van der Waals surface area contributed by atoms with Crippen LogP contribution < -0.4 is 9.47 Å². The summed E-state index contributed by atoms with van der Waals surface area (Å²) in [5.41, 5.74) is 1.00. The van der Waals surface area contributed by atoms with Gasteiger partial charge in [-0.25, -0.2) is 4.39 Å². The fraction of sp³-hybridized carbons (Fsp3) is 0.316. The lowest BCUT2D eigenvalue weighted by atomic mass is 10.1. The maximum atomic E-state index is 14.0. The number of benzene rings is 2. The first-order valence-corrected chi connectivity index (χ1v) is 7.90. The molecular weight excluding hydrogens is 309 g/mol. The number of methoxy groups -OCH3 is 2. The van der Waals surface area contributed by atoms with Gasteiger partial charge in [0, 0.05) is 29.8 Å². The molecule has 2 aromatic carbocycles. The fourth-order valence-electron chi connectivity index (χ4n) is 2.66. The van der Waals surface area contributed by atoms with Crippen LogP contribution in [0.1, 0.15) is 28.8 Å². The predicted octanol–water partition coefficient (Wildman–Crippen LogP) is 3.65. The summed E-state index contributed by atoms with van der Waals surface area (Å²) in [4.78, 5) is 14.7. The summed E-state index contributed by atoms with van der Waals surface area (Å²) in [7, 11) is 3.09. The Morgan fingerprint density at radius 1 is 1.12 bits per heavy atom. The third kappa shape index (κ3) is 3.50. The van der Waals surface area contributed by atoms with Crippen LogP contribution in [-0.4, -0.2) is 31.1 Å². The van der Waals surface area contributed by atoms with Crippen LogP contribution in [0.4, 0.5) is 4.39 Å². The van der Waals surface area contributed by atoms with Crippen LogP contribution in [0.5, 0.6) is 11.5 Å². The van der Waals surface area contributed by atoms with Crippen LogP contribution in [0, 0.1) is 5.82 Å². The topological polar surface area (TPSA) is 38.8 Å². The molecule has 0 bridgehead atoms. The Hall–Kier alpha value is -2.56. The normalized spacial score (nSPS) is 13.5. The zero-order valence-corrected chi connectivity index (χ0v) is 13.8. The Balaban J connectivity index is 1.89. The van der Waals surface area contributed by atoms with Crippen molar-refractivity contribution in [3.05, 3.63) is 59.4 Å². The second-order valence-electron chi connectivity index (χ2n) is 5.86. The maximum Gasteiger partial charge on any atom is 0.254 e. The highest BCUT2D eigenvalue weighted by Crippen LogP contribution is 2.32. The lowest BCUT2D eigenvalue weighted by Gasteiger charge is -2.23. The Morgan fingerprint density at radius 3 is 2.29 bits per heavy atom. The molecule has 0 aliphatic heterocycles. The summed E-state index contributed by atoms with van der Waals surface area (Å²) in [6.07, 6.45) is 1.89. The third-order valence-corrected chi connectivity index (χ3v) is 4.15. The maximum absolute atomic E-state index is 14.0. The van der Waals surface area contributed by atoms with E-state index in [0.29, 0.717) is 22.6 Å². The average molecular weight is 329 g/mol. The van der Waals surface area contributed by atoms with Gasteiger partial charge in [-0.3, -0.25) is 4.79 Å². The van der Waals surface area contributed by atoms with Crippen molar-refractivity contribution in [2.24, 2.45) is 0 Å². The smallest absolute Gasteiger partial charge is 0.254 e. The van der Waals surface area contributed by atoms with Crippen molar-refractivity contribution in [2.45, 2.75) is 25.4 Å². The zero-order valence-electron chi connectivity index (χ0n) is 13.8. The number of amides is 1. The van der Waals surface area contributed by atoms with Gasteiger partial charge in [0.15, 0.2) is 0 Å². The van der Waals surface area contributed by atoms with E-state index in [9.17, 15) is 9.18 Å². The van der Waals surface area contributed by atoms with Crippen LogP contribution in [-0.2, 0) is 6.54 Å². The molecule has 1 fully saturated rings. The monoisotopic (exact) mass is 329 g/mol. The minimum Gasteiger partial charge on any atom is -0.497 e. The summed E-state index contributed by atoms with van der Waals surface area (Å²) in [6, 6.07) is 11.8. The molecule has 0 saturated heterocycles. The Labute approximate surface area is 140 Å². The number of nitrogens with zero attached hydrogens (tertiary/aromatic N) is 1. The highest BCUT2D eigenvalue weighted by Gasteiger charge is 2.33. The van der Waals surface area contributed by atoms with E-state index in [2.05, 4.69) is 0 Å². The molecule has 1 aliphatic carbocycles. The molecule has 1 amide bonds. The fourth-order valence-corrected chi connectivity index (χ4v) is 2.66. The Kier molecular flexibility index (Phi) is 4.69. The van der Waals surface area contributed by atoms with Crippen molar-refractivity contribution < 1.29 is 18.7 Å². The number of halogens is 1. The van der Waals surface area contributed by atoms with Crippen molar-refractivity contribution in [1.82, 2.24) is 4.90 Å². The molecule has 0 aromatic heterocycles. The predicted molar refractivity (Wildman–Crippen MR) is 88.8 cm³/mol. The highest BCUT2D eigenvalue weighted by molar-refractivity contribution is 5.95. The van der Waals surface area contributed by atoms with Gasteiger partial charge >= 0.3 is 0 Å². The van der Waals surface area contributed by atoms with Crippen molar-refractivity contribution in [2.75, 3.05) is 14.2 Å². The Morgan fingerprint density at radius 2 is 1.75 bits per heavy atom. The molecule has 0 N–H and O–H groups in total. The molecule has 0 unspecified atom stereocenters. The van der Waals surface area contributed by atoms with E-state index in [1.807, 2.05) is 0 Å². The molecule has 0 heterocycles. The molecule has 5 heteroatoms. The third-order valence-electron chi connectivity index (χ3n) is 4.15. The van der Waals surface area contributed by atoms with Crippen LogP contribution in [0.25, 0.3) is 0 Å². The first kappa shape index (κ1) is 16.3. The lowest BCUT2D eigenvalue weighted by molar-refractivity contribution is 0.0727. The first-order valence-electron chi connectivity index (χ1n) is 7.90. The summed E-state index contributed by atoms with van der Waals surface area (Å²) in [6.45, 7) is 0.260. The van der Waals surface area contributed by atoms with Crippen LogP contribution in [0.15, 0.2) is 42.5 Å². The minimum absolute atomic E-state index is 0.141. The summed E-state index contributed by atoms with van der Waals surface area (Å²) < 4.78 is 24.4. The summed E-state index contributed by atoms with van der Waals surface area (Å²) in [5.74, 6) is 0.677. The quantitative estimate of drug-likeness (QED) is 0.812. The molecule has 24 heavy (non-hydrogen) atoms. The molecular formula is C19H20FNO3. The molecule has 1 saturated carbocycles. The average Bonchev–Trinajstić information content (AvgIpc) is 3.45. The van der Waals surface area contributed by atoms with Gasteiger partial charge < -0.3 is 14.4 Å². The van der Waals surface area contributed by atoms with E-state index in [0.717, 1.165) is 12.8 Å². The van der Waals surface area contributed by atoms with E-state index >= 15 is 0 Å². The zero-order chi connectivity index (χ0) is 17.1. The molecule has 3 rings (SSSR count). The van der Waals surface area contributed by atoms with Gasteiger partial charge in [-0.2, -0.15) is 0 Å². The number of carbonyl (C=O) groups excluding carboxylic acids is 1. The summed E-state index contributed by atoms with van der Waals surface area (Å²) in [5, 5.41) is 0. The minimum atomic E-state index is -0.292. The number of carbonyl (C=O) groups is 1.